The second-order valence-electron chi connectivity index (χ2n) is 3.42. The summed E-state index contributed by atoms with van der Waals surface area (Å²) < 4.78 is 0. The highest BCUT2D eigenvalue weighted by Gasteiger charge is 2.10. The second kappa shape index (κ2) is 6.86. The van der Waals surface area contributed by atoms with Crippen LogP contribution in [0.15, 0.2) is 0 Å². The summed E-state index contributed by atoms with van der Waals surface area (Å²) in [5.41, 5.74) is 5.35. The van der Waals surface area contributed by atoms with Crippen LogP contribution in [0, 0.1) is 0 Å². The van der Waals surface area contributed by atoms with Gasteiger partial charge in [0.15, 0.2) is 0 Å². The van der Waals surface area contributed by atoms with Gasteiger partial charge < -0.3 is 16.2 Å². The highest BCUT2D eigenvalue weighted by Crippen LogP contribution is 2.04. The number of carboxylic acid groups (broad SMARTS) is 1. The van der Waals surface area contributed by atoms with E-state index >= 15 is 0 Å². The van der Waals surface area contributed by atoms with Crippen LogP contribution in [0.25, 0.3) is 0 Å². The van der Waals surface area contributed by atoms with Crippen molar-refractivity contribution in [2.75, 3.05) is 7.05 Å². The van der Waals surface area contributed by atoms with Crippen molar-refractivity contribution in [2.24, 2.45) is 5.73 Å². The molecule has 4 N–H and O–H groups in total. The minimum Gasteiger partial charge on any atom is -0.480 e. The number of unbranched alkanes of at least 4 members (excludes halogenated alkanes) is 1. The minimum atomic E-state index is -0.901. The van der Waals surface area contributed by atoms with Crippen molar-refractivity contribution in [3.05, 3.63) is 0 Å². The Morgan fingerprint density at radius 2 is 2.00 bits per heavy atom. The van der Waals surface area contributed by atoms with Crippen LogP contribution in [0.3, 0.4) is 0 Å². The Hall–Kier alpha value is -0.610. The molecule has 78 valence electrons. The zero-order valence-corrected chi connectivity index (χ0v) is 8.42. The molecule has 0 bridgehead atoms. The summed E-state index contributed by atoms with van der Waals surface area (Å²) in [7, 11) is 1.92. The Bertz CT molecular complexity index is 151. The summed E-state index contributed by atoms with van der Waals surface area (Å²) in [6.07, 6.45) is 3.57. The van der Waals surface area contributed by atoms with Gasteiger partial charge in [0.05, 0.1) is 0 Å². The van der Waals surface area contributed by atoms with Gasteiger partial charge in [-0.05, 0) is 26.8 Å². The van der Waals surface area contributed by atoms with Gasteiger partial charge in [0, 0.05) is 6.04 Å². The summed E-state index contributed by atoms with van der Waals surface area (Å²) in [6, 6.07) is -0.189. The van der Waals surface area contributed by atoms with Crippen LogP contribution < -0.4 is 11.1 Å². The third-order valence-electron chi connectivity index (χ3n) is 2.21. The summed E-state index contributed by atoms with van der Waals surface area (Å²) in [6.45, 7) is 2.11. The Morgan fingerprint density at radius 3 is 2.46 bits per heavy atom. The molecule has 0 aromatic heterocycles. The van der Waals surface area contributed by atoms with E-state index in [2.05, 4.69) is 12.2 Å². The highest BCUT2D eigenvalue weighted by molar-refractivity contribution is 5.72. The molecule has 0 rings (SSSR count). The van der Waals surface area contributed by atoms with Crippen molar-refractivity contribution in [3.63, 3.8) is 0 Å². The molecular formula is C9H20N2O2. The molecule has 0 saturated carbocycles. The molecular weight excluding hydrogens is 168 g/mol. The van der Waals surface area contributed by atoms with E-state index in [-0.39, 0.29) is 0 Å². The Labute approximate surface area is 79.5 Å². The van der Waals surface area contributed by atoms with Crippen molar-refractivity contribution in [1.82, 2.24) is 5.32 Å². The first kappa shape index (κ1) is 12.4. The lowest BCUT2D eigenvalue weighted by Crippen LogP contribution is -2.29. The molecule has 2 atom stereocenters. The molecule has 4 heteroatoms. The SMILES string of the molecule is CN[C@H](C)CCCC[C@H](N)C(=O)O. The Balaban J connectivity index is 3.30. The first-order valence-electron chi connectivity index (χ1n) is 4.73. The lowest BCUT2D eigenvalue weighted by atomic mass is 10.1. The summed E-state index contributed by atoms with van der Waals surface area (Å²) in [5.74, 6) is -0.901. The lowest BCUT2D eigenvalue weighted by Gasteiger charge is -2.10. The predicted octanol–water partition coefficient (Wildman–Crippen LogP) is 0.567. The maximum absolute atomic E-state index is 10.3. The molecule has 0 aromatic carbocycles. The number of nitrogens with two attached hydrogens (primary N) is 1. The number of carbonyl (C=O) groups is 1. The number of hydrogen-bond acceptors (Lipinski definition) is 3. The number of aliphatic carboxylic acids is 1. The Kier molecular flexibility index (Phi) is 6.54. The van der Waals surface area contributed by atoms with Crippen molar-refractivity contribution in [1.29, 1.82) is 0 Å². The maximum atomic E-state index is 10.3. The molecule has 0 aliphatic rings. The van der Waals surface area contributed by atoms with Crippen LogP contribution in [0.4, 0.5) is 0 Å². The van der Waals surface area contributed by atoms with Crippen LogP contribution in [0.1, 0.15) is 32.6 Å². The van der Waals surface area contributed by atoms with Gasteiger partial charge in [-0.15, -0.1) is 0 Å². The first-order valence-corrected chi connectivity index (χ1v) is 4.73. The van der Waals surface area contributed by atoms with E-state index in [1.54, 1.807) is 0 Å². The number of rotatable bonds is 7. The van der Waals surface area contributed by atoms with E-state index in [1.807, 2.05) is 7.05 Å². The van der Waals surface area contributed by atoms with Crippen molar-refractivity contribution in [3.8, 4) is 0 Å². The predicted molar refractivity (Wildman–Crippen MR) is 52.6 cm³/mol. The fourth-order valence-corrected chi connectivity index (χ4v) is 1.08. The molecule has 0 radical (unpaired) electrons. The molecule has 0 amide bonds. The van der Waals surface area contributed by atoms with Gasteiger partial charge in [-0.1, -0.05) is 12.8 Å². The normalized spacial score (nSPS) is 15.3. The van der Waals surface area contributed by atoms with E-state index in [0.717, 1.165) is 19.3 Å². The number of nitrogens with one attached hydrogen (secondary N) is 1. The molecule has 0 unspecified atom stereocenters. The molecule has 0 heterocycles. The van der Waals surface area contributed by atoms with Gasteiger partial charge in [-0.2, -0.15) is 0 Å². The molecule has 0 aliphatic heterocycles. The Morgan fingerprint density at radius 1 is 1.46 bits per heavy atom. The quantitative estimate of drug-likeness (QED) is 0.510. The third-order valence-corrected chi connectivity index (χ3v) is 2.21. The monoisotopic (exact) mass is 188 g/mol. The zero-order valence-electron chi connectivity index (χ0n) is 8.42. The van der Waals surface area contributed by atoms with Gasteiger partial charge in [-0.3, -0.25) is 4.79 Å². The van der Waals surface area contributed by atoms with E-state index in [9.17, 15) is 4.79 Å². The molecule has 4 nitrogen and oxygen atoms in total. The van der Waals surface area contributed by atoms with Gasteiger partial charge in [0.1, 0.15) is 6.04 Å². The summed E-state index contributed by atoms with van der Waals surface area (Å²) >= 11 is 0. The van der Waals surface area contributed by atoms with Gasteiger partial charge in [-0.25, -0.2) is 0 Å². The highest BCUT2D eigenvalue weighted by atomic mass is 16.4. The molecule has 0 spiro atoms. The van der Waals surface area contributed by atoms with E-state index in [1.165, 1.54) is 0 Å². The van der Waals surface area contributed by atoms with E-state index in [4.69, 9.17) is 10.8 Å². The van der Waals surface area contributed by atoms with Crippen LogP contribution >= 0.6 is 0 Å². The fourth-order valence-electron chi connectivity index (χ4n) is 1.08. The maximum Gasteiger partial charge on any atom is 0.320 e. The first-order chi connectivity index (χ1) is 6.07. The van der Waals surface area contributed by atoms with Crippen LogP contribution in [-0.4, -0.2) is 30.2 Å². The number of carboxylic acids is 1. The van der Waals surface area contributed by atoms with Gasteiger partial charge >= 0.3 is 5.97 Å². The number of hydrogen-bond donors (Lipinski definition) is 3. The minimum absolute atomic E-state index is 0.501. The van der Waals surface area contributed by atoms with Crippen LogP contribution in [0.2, 0.25) is 0 Å². The zero-order chi connectivity index (χ0) is 10.3. The van der Waals surface area contributed by atoms with Crippen LogP contribution in [-0.2, 0) is 4.79 Å². The van der Waals surface area contributed by atoms with Gasteiger partial charge in [0.2, 0.25) is 0 Å². The molecule has 13 heavy (non-hydrogen) atoms. The van der Waals surface area contributed by atoms with Gasteiger partial charge in [0.25, 0.3) is 0 Å². The largest absolute Gasteiger partial charge is 0.480 e. The standard InChI is InChI=1S/C9H20N2O2/c1-7(11-2)5-3-4-6-8(10)9(12)13/h7-8,11H,3-6,10H2,1-2H3,(H,12,13)/t7-,8+/m1/s1. The van der Waals surface area contributed by atoms with Crippen molar-refractivity contribution < 1.29 is 9.90 Å². The molecule has 0 saturated heterocycles. The third kappa shape index (κ3) is 6.54. The average Bonchev–Trinajstić information content (AvgIpc) is 2.11. The second-order valence-corrected chi connectivity index (χ2v) is 3.42. The van der Waals surface area contributed by atoms with Crippen molar-refractivity contribution in [2.45, 2.75) is 44.7 Å². The fraction of sp³-hybridized carbons (Fsp3) is 0.889. The van der Waals surface area contributed by atoms with E-state index < -0.39 is 12.0 Å². The molecule has 0 aliphatic carbocycles. The summed E-state index contributed by atoms with van der Waals surface area (Å²) in [4.78, 5) is 10.3. The van der Waals surface area contributed by atoms with Crippen molar-refractivity contribution >= 4 is 5.97 Å². The topological polar surface area (TPSA) is 75.3 Å². The van der Waals surface area contributed by atoms with Crippen LogP contribution in [0.5, 0.6) is 0 Å². The molecule has 0 fully saturated rings. The van der Waals surface area contributed by atoms with E-state index in [0.29, 0.717) is 12.5 Å². The molecule has 0 aromatic rings. The average molecular weight is 188 g/mol. The lowest BCUT2D eigenvalue weighted by molar-refractivity contribution is -0.138. The summed E-state index contributed by atoms with van der Waals surface area (Å²) in [5, 5.41) is 11.6. The smallest absolute Gasteiger partial charge is 0.320 e.